The van der Waals surface area contributed by atoms with Crippen LogP contribution in [0.5, 0.6) is 0 Å². The molecule has 5 nitrogen and oxygen atoms in total. The van der Waals surface area contributed by atoms with Crippen LogP contribution in [0, 0.1) is 0 Å². The third kappa shape index (κ3) is 4.63. The van der Waals surface area contributed by atoms with Crippen LogP contribution < -0.4 is 5.32 Å². The summed E-state index contributed by atoms with van der Waals surface area (Å²) in [5.74, 6) is 0. The number of methoxy groups -OCH3 is 2. The zero-order valence-corrected chi connectivity index (χ0v) is 13.8. The lowest BCUT2D eigenvalue weighted by Gasteiger charge is -2.36. The van der Waals surface area contributed by atoms with E-state index in [1.807, 2.05) is 0 Å². The van der Waals surface area contributed by atoms with Gasteiger partial charge in [0.2, 0.25) is 0 Å². The van der Waals surface area contributed by atoms with Crippen LogP contribution >= 0.6 is 0 Å². The van der Waals surface area contributed by atoms with Crippen LogP contribution in [-0.2, 0) is 9.47 Å². The summed E-state index contributed by atoms with van der Waals surface area (Å²) < 4.78 is 10.6. The average molecular weight is 300 g/mol. The highest BCUT2D eigenvalue weighted by Crippen LogP contribution is 2.36. The van der Waals surface area contributed by atoms with E-state index >= 15 is 0 Å². The molecule has 21 heavy (non-hydrogen) atoms. The fourth-order valence-corrected chi connectivity index (χ4v) is 3.66. The van der Waals surface area contributed by atoms with E-state index < -0.39 is 0 Å². The Bertz CT molecular complexity index is 312. The molecule has 124 valence electrons. The molecule has 5 heteroatoms. The zero-order valence-electron chi connectivity index (χ0n) is 13.8. The number of hydrogen-bond acceptors (Lipinski definition) is 5. The van der Waals surface area contributed by atoms with Crippen molar-refractivity contribution in [2.24, 2.45) is 0 Å². The first kappa shape index (κ1) is 17.2. The third-order valence-electron chi connectivity index (χ3n) is 4.97. The number of hydrogen-bond donors (Lipinski definition) is 2. The molecule has 0 aliphatic heterocycles. The van der Waals surface area contributed by atoms with E-state index in [0.717, 1.165) is 39.0 Å². The van der Waals surface area contributed by atoms with Crippen molar-refractivity contribution in [1.82, 2.24) is 10.2 Å². The SMILES string of the molecule is COCCN(C(C)COC)C1CCC(CO)(NC2CC2)C1. The van der Waals surface area contributed by atoms with Gasteiger partial charge in [0.1, 0.15) is 0 Å². The Morgan fingerprint density at radius 1 is 1.29 bits per heavy atom. The maximum absolute atomic E-state index is 9.88. The maximum Gasteiger partial charge on any atom is 0.0615 e. The van der Waals surface area contributed by atoms with Crippen molar-refractivity contribution in [1.29, 1.82) is 0 Å². The second kappa shape index (κ2) is 7.88. The van der Waals surface area contributed by atoms with E-state index in [1.165, 1.54) is 12.8 Å². The Hall–Kier alpha value is -0.200. The quantitative estimate of drug-likeness (QED) is 0.630. The smallest absolute Gasteiger partial charge is 0.0615 e. The summed E-state index contributed by atoms with van der Waals surface area (Å²) >= 11 is 0. The molecule has 3 unspecified atom stereocenters. The van der Waals surface area contributed by atoms with E-state index in [2.05, 4.69) is 17.1 Å². The van der Waals surface area contributed by atoms with E-state index in [4.69, 9.17) is 9.47 Å². The van der Waals surface area contributed by atoms with Gasteiger partial charge in [-0.05, 0) is 39.0 Å². The number of ether oxygens (including phenoxy) is 2. The molecule has 2 fully saturated rings. The number of rotatable bonds is 10. The minimum absolute atomic E-state index is 0.0655. The molecule has 2 N–H and O–H groups in total. The van der Waals surface area contributed by atoms with Crippen LogP contribution in [0.4, 0.5) is 0 Å². The fraction of sp³-hybridized carbons (Fsp3) is 1.00. The van der Waals surface area contributed by atoms with Gasteiger partial charge in [0.25, 0.3) is 0 Å². The molecule has 0 aromatic rings. The van der Waals surface area contributed by atoms with Gasteiger partial charge in [-0.25, -0.2) is 0 Å². The molecule has 2 rings (SSSR count). The van der Waals surface area contributed by atoms with E-state index in [9.17, 15) is 5.11 Å². The predicted molar refractivity (Wildman–Crippen MR) is 83.5 cm³/mol. The van der Waals surface area contributed by atoms with Crippen LogP contribution in [-0.4, -0.2) is 74.3 Å². The average Bonchev–Trinajstić information content (AvgIpc) is 3.18. The van der Waals surface area contributed by atoms with Crippen molar-refractivity contribution in [3.05, 3.63) is 0 Å². The first-order valence-electron chi connectivity index (χ1n) is 8.26. The topological polar surface area (TPSA) is 54.0 Å². The van der Waals surface area contributed by atoms with Crippen LogP contribution in [0.3, 0.4) is 0 Å². The summed E-state index contributed by atoms with van der Waals surface area (Å²) in [5.41, 5.74) is -0.0655. The summed E-state index contributed by atoms with van der Waals surface area (Å²) in [4.78, 5) is 2.50. The molecule has 0 bridgehead atoms. The normalized spacial score (nSPS) is 31.0. The van der Waals surface area contributed by atoms with Gasteiger partial charge < -0.3 is 19.9 Å². The third-order valence-corrected chi connectivity index (χ3v) is 4.97. The molecule has 3 atom stereocenters. The van der Waals surface area contributed by atoms with Crippen LogP contribution in [0.1, 0.15) is 39.0 Å². The Kier molecular flexibility index (Phi) is 6.44. The molecule has 2 aliphatic carbocycles. The van der Waals surface area contributed by atoms with Gasteiger partial charge in [-0.15, -0.1) is 0 Å². The molecule has 0 saturated heterocycles. The van der Waals surface area contributed by atoms with Gasteiger partial charge in [0, 0.05) is 44.4 Å². The van der Waals surface area contributed by atoms with Gasteiger partial charge in [-0.3, -0.25) is 4.90 Å². The fourth-order valence-electron chi connectivity index (χ4n) is 3.66. The monoisotopic (exact) mass is 300 g/mol. The van der Waals surface area contributed by atoms with Crippen molar-refractivity contribution in [2.75, 3.05) is 40.6 Å². The van der Waals surface area contributed by atoms with Gasteiger partial charge in [-0.2, -0.15) is 0 Å². The molecule has 0 spiro atoms. The highest BCUT2D eigenvalue weighted by Gasteiger charge is 2.44. The molecule has 2 aliphatic rings. The molecule has 0 aromatic heterocycles. The van der Waals surface area contributed by atoms with Crippen molar-refractivity contribution >= 4 is 0 Å². The zero-order chi connectivity index (χ0) is 15.3. The van der Waals surface area contributed by atoms with Crippen molar-refractivity contribution < 1.29 is 14.6 Å². The van der Waals surface area contributed by atoms with Gasteiger partial charge >= 0.3 is 0 Å². The number of aliphatic hydroxyl groups is 1. The molecular weight excluding hydrogens is 268 g/mol. The first-order valence-corrected chi connectivity index (χ1v) is 8.26. The van der Waals surface area contributed by atoms with E-state index in [1.54, 1.807) is 14.2 Å². The largest absolute Gasteiger partial charge is 0.394 e. The first-order chi connectivity index (χ1) is 10.1. The minimum atomic E-state index is -0.0655. The Balaban J connectivity index is 1.95. The second-order valence-corrected chi connectivity index (χ2v) is 6.79. The van der Waals surface area contributed by atoms with Crippen LogP contribution in [0.15, 0.2) is 0 Å². The van der Waals surface area contributed by atoms with Crippen molar-refractivity contribution in [3.8, 4) is 0 Å². The van der Waals surface area contributed by atoms with Crippen molar-refractivity contribution in [3.63, 3.8) is 0 Å². The highest BCUT2D eigenvalue weighted by atomic mass is 16.5. The van der Waals surface area contributed by atoms with Crippen LogP contribution in [0.25, 0.3) is 0 Å². The number of aliphatic hydroxyl groups excluding tert-OH is 1. The minimum Gasteiger partial charge on any atom is -0.394 e. The summed E-state index contributed by atoms with van der Waals surface area (Å²) in [5, 5.41) is 13.6. The van der Waals surface area contributed by atoms with Gasteiger partial charge in [-0.1, -0.05) is 0 Å². The van der Waals surface area contributed by atoms with E-state index in [-0.39, 0.29) is 12.1 Å². The number of nitrogens with zero attached hydrogens (tertiary/aromatic N) is 1. The Morgan fingerprint density at radius 2 is 2.05 bits per heavy atom. The molecular formula is C16H32N2O3. The molecule has 0 heterocycles. The predicted octanol–water partition coefficient (Wildman–Crippen LogP) is 1.01. The second-order valence-electron chi connectivity index (χ2n) is 6.79. The summed E-state index contributed by atoms with van der Waals surface area (Å²) in [7, 11) is 3.51. The lowest BCUT2D eigenvalue weighted by Crippen LogP contribution is -2.50. The van der Waals surface area contributed by atoms with Crippen LogP contribution in [0.2, 0.25) is 0 Å². The molecule has 2 saturated carbocycles. The number of nitrogens with one attached hydrogen (secondary N) is 1. The summed E-state index contributed by atoms with van der Waals surface area (Å²) in [6.45, 7) is 4.87. The Labute approximate surface area is 129 Å². The highest BCUT2D eigenvalue weighted by molar-refractivity contribution is 5.03. The lowest BCUT2D eigenvalue weighted by molar-refractivity contribution is 0.0437. The molecule has 0 amide bonds. The molecule has 0 aromatic carbocycles. The van der Waals surface area contributed by atoms with E-state index in [0.29, 0.717) is 18.1 Å². The van der Waals surface area contributed by atoms with Gasteiger partial charge in [0.15, 0.2) is 0 Å². The lowest BCUT2D eigenvalue weighted by atomic mass is 9.98. The molecule has 0 radical (unpaired) electrons. The standard InChI is InChI=1S/C16H32N2O3/c1-13(11-21-3)18(8-9-20-2)15-6-7-16(10-15,12-19)17-14-4-5-14/h13-15,17,19H,4-12H2,1-3H3. The summed E-state index contributed by atoms with van der Waals surface area (Å²) in [6.07, 6.45) is 5.75. The maximum atomic E-state index is 9.88. The Morgan fingerprint density at radius 3 is 2.62 bits per heavy atom. The van der Waals surface area contributed by atoms with Gasteiger partial charge in [0.05, 0.1) is 19.8 Å². The van der Waals surface area contributed by atoms with Crippen molar-refractivity contribution in [2.45, 2.75) is 62.7 Å². The summed E-state index contributed by atoms with van der Waals surface area (Å²) in [6, 6.07) is 1.52.